The molecule has 0 aromatic carbocycles. The molecule has 17 heavy (non-hydrogen) atoms. The fourth-order valence-electron chi connectivity index (χ4n) is 2.93. The van der Waals surface area contributed by atoms with Crippen LogP contribution < -0.4 is 0 Å². The molecule has 0 aromatic heterocycles. The first kappa shape index (κ1) is 16.7. The van der Waals surface area contributed by atoms with Crippen LogP contribution in [0.15, 0.2) is 12.2 Å². The Balaban J connectivity index is 4.14. The molecular formula is C17H34. The second-order valence-corrected chi connectivity index (χ2v) is 5.61. The van der Waals surface area contributed by atoms with Crippen LogP contribution in [0.5, 0.6) is 0 Å². The van der Waals surface area contributed by atoms with Gasteiger partial charge in [-0.15, -0.1) is 0 Å². The van der Waals surface area contributed by atoms with Gasteiger partial charge in [-0.05, 0) is 38.0 Å². The maximum atomic E-state index is 4.20. The van der Waals surface area contributed by atoms with Crippen LogP contribution in [0.4, 0.5) is 0 Å². The van der Waals surface area contributed by atoms with E-state index in [2.05, 4.69) is 34.3 Å². The van der Waals surface area contributed by atoms with Gasteiger partial charge >= 0.3 is 0 Å². The Kier molecular flexibility index (Phi) is 10.7. The van der Waals surface area contributed by atoms with Gasteiger partial charge < -0.3 is 0 Å². The minimum Gasteiger partial charge on any atom is -0.0999 e. The van der Waals surface area contributed by atoms with Crippen LogP contribution in [0.3, 0.4) is 0 Å². The van der Waals surface area contributed by atoms with E-state index in [-0.39, 0.29) is 0 Å². The molecule has 0 heteroatoms. The first-order chi connectivity index (χ1) is 8.17. The molecule has 0 fully saturated rings. The van der Waals surface area contributed by atoms with Gasteiger partial charge in [0.2, 0.25) is 0 Å². The highest BCUT2D eigenvalue weighted by atomic mass is 14.2. The Hall–Kier alpha value is -0.260. The van der Waals surface area contributed by atoms with E-state index < -0.39 is 0 Å². The second-order valence-electron chi connectivity index (χ2n) is 5.61. The smallest absolute Gasteiger partial charge is 0.0183 e. The minimum atomic E-state index is 0.767. The van der Waals surface area contributed by atoms with Crippen LogP contribution >= 0.6 is 0 Å². The summed E-state index contributed by atoms with van der Waals surface area (Å²) < 4.78 is 0. The highest BCUT2D eigenvalue weighted by molar-refractivity contribution is 4.98. The fourth-order valence-corrected chi connectivity index (χ4v) is 2.93. The van der Waals surface area contributed by atoms with Gasteiger partial charge in [0.1, 0.15) is 0 Å². The molecule has 0 aliphatic heterocycles. The van der Waals surface area contributed by atoms with Crippen molar-refractivity contribution in [2.45, 2.75) is 85.5 Å². The van der Waals surface area contributed by atoms with Crippen LogP contribution in [0.2, 0.25) is 0 Å². The summed E-state index contributed by atoms with van der Waals surface area (Å²) >= 11 is 0. The Labute approximate surface area is 110 Å². The third-order valence-corrected chi connectivity index (χ3v) is 4.00. The Morgan fingerprint density at radius 1 is 0.882 bits per heavy atom. The number of hydrogen-bond acceptors (Lipinski definition) is 0. The van der Waals surface area contributed by atoms with Crippen molar-refractivity contribution in [1.29, 1.82) is 0 Å². The molecule has 0 spiro atoms. The molecule has 0 saturated heterocycles. The predicted octanol–water partition coefficient (Wildman–Crippen LogP) is 6.37. The van der Waals surface area contributed by atoms with Gasteiger partial charge in [-0.25, -0.2) is 0 Å². The molecule has 0 amide bonds. The average molecular weight is 238 g/mol. The summed E-state index contributed by atoms with van der Waals surface area (Å²) in [6, 6.07) is 0. The SMILES string of the molecule is C=C(C)C(CC)C(CCCC)CCCCCC. The molecule has 0 bridgehead atoms. The Morgan fingerprint density at radius 3 is 1.94 bits per heavy atom. The van der Waals surface area contributed by atoms with Crippen molar-refractivity contribution in [2.24, 2.45) is 11.8 Å². The van der Waals surface area contributed by atoms with E-state index in [0.717, 1.165) is 11.8 Å². The molecule has 0 radical (unpaired) electrons. The third kappa shape index (κ3) is 7.63. The Morgan fingerprint density at radius 2 is 1.47 bits per heavy atom. The van der Waals surface area contributed by atoms with Crippen LogP contribution in [0.25, 0.3) is 0 Å². The van der Waals surface area contributed by atoms with Gasteiger partial charge in [-0.1, -0.05) is 71.4 Å². The van der Waals surface area contributed by atoms with Crippen molar-refractivity contribution in [3.05, 3.63) is 12.2 Å². The Bertz CT molecular complexity index is 180. The number of unbranched alkanes of at least 4 members (excludes halogenated alkanes) is 4. The zero-order valence-corrected chi connectivity index (χ0v) is 12.7. The van der Waals surface area contributed by atoms with Crippen molar-refractivity contribution < 1.29 is 0 Å². The fraction of sp³-hybridized carbons (Fsp3) is 0.882. The summed E-state index contributed by atoms with van der Waals surface area (Å²) in [7, 11) is 0. The van der Waals surface area contributed by atoms with Crippen molar-refractivity contribution >= 4 is 0 Å². The van der Waals surface area contributed by atoms with Gasteiger partial charge in [0.25, 0.3) is 0 Å². The summed E-state index contributed by atoms with van der Waals surface area (Å²) in [5, 5.41) is 0. The monoisotopic (exact) mass is 238 g/mol. The van der Waals surface area contributed by atoms with E-state index in [1.165, 1.54) is 63.4 Å². The zero-order valence-electron chi connectivity index (χ0n) is 12.7. The van der Waals surface area contributed by atoms with E-state index in [9.17, 15) is 0 Å². The lowest BCUT2D eigenvalue weighted by atomic mass is 9.79. The highest BCUT2D eigenvalue weighted by Gasteiger charge is 2.19. The minimum absolute atomic E-state index is 0.767. The standard InChI is InChI=1S/C17H34/c1-6-9-11-12-14-16(13-10-7-2)17(8-3)15(4)5/h16-17H,4,6-14H2,1-3,5H3. The molecule has 0 rings (SSSR count). The van der Waals surface area contributed by atoms with Crippen LogP contribution in [-0.2, 0) is 0 Å². The maximum absolute atomic E-state index is 4.20. The molecule has 102 valence electrons. The lowest BCUT2D eigenvalue weighted by Gasteiger charge is -2.27. The van der Waals surface area contributed by atoms with Gasteiger partial charge in [0, 0.05) is 0 Å². The number of rotatable bonds is 11. The van der Waals surface area contributed by atoms with Crippen molar-refractivity contribution in [2.75, 3.05) is 0 Å². The second kappa shape index (κ2) is 10.9. The van der Waals surface area contributed by atoms with Crippen LogP contribution in [-0.4, -0.2) is 0 Å². The molecule has 0 N–H and O–H groups in total. The van der Waals surface area contributed by atoms with Crippen LogP contribution in [0, 0.1) is 11.8 Å². The molecule has 0 aromatic rings. The van der Waals surface area contributed by atoms with E-state index in [0.29, 0.717) is 0 Å². The van der Waals surface area contributed by atoms with Gasteiger partial charge in [0.05, 0.1) is 0 Å². The maximum Gasteiger partial charge on any atom is -0.0183 e. The van der Waals surface area contributed by atoms with E-state index in [4.69, 9.17) is 0 Å². The zero-order chi connectivity index (χ0) is 13.1. The lowest BCUT2D eigenvalue weighted by molar-refractivity contribution is 0.306. The lowest BCUT2D eigenvalue weighted by Crippen LogP contribution is -2.15. The molecule has 0 heterocycles. The van der Waals surface area contributed by atoms with Crippen molar-refractivity contribution in [3.8, 4) is 0 Å². The van der Waals surface area contributed by atoms with E-state index >= 15 is 0 Å². The van der Waals surface area contributed by atoms with Gasteiger partial charge in [0.15, 0.2) is 0 Å². The van der Waals surface area contributed by atoms with E-state index in [1.54, 1.807) is 0 Å². The molecular weight excluding hydrogens is 204 g/mol. The molecule has 2 atom stereocenters. The summed E-state index contributed by atoms with van der Waals surface area (Å²) in [6.45, 7) is 13.3. The van der Waals surface area contributed by atoms with E-state index in [1.807, 2.05) is 0 Å². The molecule has 0 aliphatic carbocycles. The summed E-state index contributed by atoms with van der Waals surface area (Å²) in [5.41, 5.74) is 1.41. The quantitative estimate of drug-likeness (QED) is 0.290. The third-order valence-electron chi connectivity index (χ3n) is 4.00. The molecule has 0 nitrogen and oxygen atoms in total. The normalized spacial score (nSPS) is 14.6. The summed E-state index contributed by atoms with van der Waals surface area (Å²) in [5.74, 6) is 1.66. The summed E-state index contributed by atoms with van der Waals surface area (Å²) in [6.07, 6.45) is 12.4. The first-order valence-corrected chi connectivity index (χ1v) is 7.82. The largest absolute Gasteiger partial charge is 0.0999 e. The predicted molar refractivity (Wildman–Crippen MR) is 80.4 cm³/mol. The van der Waals surface area contributed by atoms with Crippen LogP contribution in [0.1, 0.15) is 85.5 Å². The topological polar surface area (TPSA) is 0 Å². The van der Waals surface area contributed by atoms with Crippen molar-refractivity contribution in [3.63, 3.8) is 0 Å². The molecule has 0 aliphatic rings. The van der Waals surface area contributed by atoms with Gasteiger partial charge in [-0.2, -0.15) is 0 Å². The summed E-state index contributed by atoms with van der Waals surface area (Å²) in [4.78, 5) is 0. The van der Waals surface area contributed by atoms with Gasteiger partial charge in [-0.3, -0.25) is 0 Å². The number of hydrogen-bond donors (Lipinski definition) is 0. The first-order valence-electron chi connectivity index (χ1n) is 7.82. The van der Waals surface area contributed by atoms with Crippen molar-refractivity contribution in [1.82, 2.24) is 0 Å². The highest BCUT2D eigenvalue weighted by Crippen LogP contribution is 2.31. The molecule has 0 saturated carbocycles. The number of allylic oxidation sites excluding steroid dienone is 1. The average Bonchev–Trinajstić information content (AvgIpc) is 2.31. The molecule has 2 unspecified atom stereocenters.